The molecule has 1 amide bonds. The Morgan fingerprint density at radius 1 is 1.79 bits per heavy atom. The summed E-state index contributed by atoms with van der Waals surface area (Å²) in [4.78, 5) is 11.2. The van der Waals surface area contributed by atoms with Crippen molar-refractivity contribution in [2.75, 3.05) is 13.6 Å². The molecule has 0 radical (unpaired) electrons. The number of fused-ring (bicyclic) bond motifs is 1. The van der Waals surface area contributed by atoms with E-state index in [-0.39, 0.29) is 11.9 Å². The van der Waals surface area contributed by atoms with Gasteiger partial charge in [0.25, 0.3) is 0 Å². The lowest BCUT2D eigenvalue weighted by Crippen LogP contribution is -2.33. The lowest BCUT2D eigenvalue weighted by atomic mass is 9.99. The first-order valence-corrected chi connectivity index (χ1v) is 4.81. The molecular formula is C10H14N2O2. The van der Waals surface area contributed by atoms with E-state index in [9.17, 15) is 4.79 Å². The number of hydrogen-bond acceptors (Lipinski definition) is 3. The Bertz CT molecular complexity index is 333. The Kier molecular flexibility index (Phi) is 2.54. The molecule has 2 rings (SSSR count). The van der Waals surface area contributed by atoms with Crippen LogP contribution in [-0.4, -0.2) is 19.5 Å². The molecular weight excluding hydrogens is 180 g/mol. The maximum absolute atomic E-state index is 11.2. The van der Waals surface area contributed by atoms with Gasteiger partial charge in [0.05, 0.1) is 6.26 Å². The second-order valence-corrected chi connectivity index (χ2v) is 3.43. The van der Waals surface area contributed by atoms with Crippen LogP contribution in [0.2, 0.25) is 0 Å². The van der Waals surface area contributed by atoms with E-state index in [1.54, 1.807) is 13.3 Å². The number of carbonyl (C=O) groups is 1. The van der Waals surface area contributed by atoms with Crippen molar-refractivity contribution in [3.8, 4) is 0 Å². The molecule has 2 N–H and O–H groups in total. The Labute approximate surface area is 82.7 Å². The van der Waals surface area contributed by atoms with Crippen molar-refractivity contribution in [2.45, 2.75) is 18.9 Å². The number of carbonyl (C=O) groups excluding carboxylic acids is 1. The number of hydrogen-bond donors (Lipinski definition) is 2. The molecule has 1 atom stereocenters. The summed E-state index contributed by atoms with van der Waals surface area (Å²) in [5.74, 6) is 1.06. The fourth-order valence-electron chi connectivity index (χ4n) is 1.80. The molecule has 0 spiro atoms. The van der Waals surface area contributed by atoms with Crippen molar-refractivity contribution in [3.63, 3.8) is 0 Å². The van der Waals surface area contributed by atoms with E-state index in [2.05, 4.69) is 10.6 Å². The average Bonchev–Trinajstić information content (AvgIpc) is 2.66. The SMILES string of the molecule is CNC(=O)CC1NCCc2occc21. The molecule has 2 heterocycles. The number of amides is 1. The first-order valence-electron chi connectivity index (χ1n) is 4.81. The molecule has 0 fully saturated rings. The molecule has 0 bridgehead atoms. The van der Waals surface area contributed by atoms with Gasteiger partial charge in [-0.1, -0.05) is 0 Å². The van der Waals surface area contributed by atoms with Gasteiger partial charge in [0, 0.05) is 38.0 Å². The quantitative estimate of drug-likeness (QED) is 0.725. The summed E-state index contributed by atoms with van der Waals surface area (Å²) in [6.07, 6.45) is 3.07. The van der Waals surface area contributed by atoms with Crippen molar-refractivity contribution in [3.05, 3.63) is 23.7 Å². The summed E-state index contributed by atoms with van der Waals surface area (Å²) in [6.45, 7) is 0.877. The third-order valence-corrected chi connectivity index (χ3v) is 2.57. The molecule has 0 aliphatic carbocycles. The Hall–Kier alpha value is -1.29. The van der Waals surface area contributed by atoms with Crippen LogP contribution >= 0.6 is 0 Å². The van der Waals surface area contributed by atoms with E-state index in [1.165, 1.54) is 0 Å². The Morgan fingerprint density at radius 3 is 3.43 bits per heavy atom. The predicted molar refractivity (Wildman–Crippen MR) is 51.8 cm³/mol. The molecule has 1 aromatic heterocycles. The van der Waals surface area contributed by atoms with Crippen LogP contribution in [0, 0.1) is 0 Å². The minimum Gasteiger partial charge on any atom is -0.469 e. The topological polar surface area (TPSA) is 54.3 Å². The molecule has 0 aromatic carbocycles. The molecule has 1 unspecified atom stereocenters. The van der Waals surface area contributed by atoms with Gasteiger partial charge in [-0.05, 0) is 6.07 Å². The van der Waals surface area contributed by atoms with Gasteiger partial charge in [-0.3, -0.25) is 4.79 Å². The Morgan fingerprint density at radius 2 is 2.64 bits per heavy atom. The summed E-state index contributed by atoms with van der Waals surface area (Å²) in [5, 5.41) is 5.93. The number of nitrogens with one attached hydrogen (secondary N) is 2. The van der Waals surface area contributed by atoms with Crippen LogP contribution < -0.4 is 10.6 Å². The highest BCUT2D eigenvalue weighted by Crippen LogP contribution is 2.25. The van der Waals surface area contributed by atoms with Crippen LogP contribution in [0.15, 0.2) is 16.7 Å². The fourth-order valence-corrected chi connectivity index (χ4v) is 1.80. The molecule has 1 aliphatic rings. The highest BCUT2D eigenvalue weighted by Gasteiger charge is 2.23. The highest BCUT2D eigenvalue weighted by atomic mass is 16.3. The van der Waals surface area contributed by atoms with Crippen LogP contribution in [0.4, 0.5) is 0 Å². The zero-order chi connectivity index (χ0) is 9.97. The zero-order valence-corrected chi connectivity index (χ0v) is 8.17. The monoisotopic (exact) mass is 194 g/mol. The van der Waals surface area contributed by atoms with Gasteiger partial charge < -0.3 is 15.1 Å². The van der Waals surface area contributed by atoms with Gasteiger partial charge in [0.15, 0.2) is 0 Å². The zero-order valence-electron chi connectivity index (χ0n) is 8.17. The third kappa shape index (κ3) is 1.65. The smallest absolute Gasteiger partial charge is 0.221 e. The van der Waals surface area contributed by atoms with Crippen molar-refractivity contribution < 1.29 is 9.21 Å². The van der Waals surface area contributed by atoms with Gasteiger partial charge in [0.1, 0.15) is 5.76 Å². The molecule has 76 valence electrons. The van der Waals surface area contributed by atoms with Crippen molar-refractivity contribution in [2.24, 2.45) is 0 Å². The molecule has 14 heavy (non-hydrogen) atoms. The fraction of sp³-hybridized carbons (Fsp3) is 0.500. The second kappa shape index (κ2) is 3.84. The minimum atomic E-state index is 0.0524. The normalized spacial score (nSPS) is 20.2. The lowest BCUT2D eigenvalue weighted by Gasteiger charge is -2.22. The predicted octanol–water partition coefficient (Wildman–Crippen LogP) is 0.602. The van der Waals surface area contributed by atoms with Gasteiger partial charge in [-0.25, -0.2) is 0 Å². The molecule has 4 heteroatoms. The van der Waals surface area contributed by atoms with E-state index in [0.717, 1.165) is 24.3 Å². The maximum Gasteiger partial charge on any atom is 0.221 e. The summed E-state index contributed by atoms with van der Waals surface area (Å²) < 4.78 is 5.33. The van der Waals surface area contributed by atoms with E-state index < -0.39 is 0 Å². The van der Waals surface area contributed by atoms with Crippen LogP contribution in [-0.2, 0) is 11.2 Å². The summed E-state index contributed by atoms with van der Waals surface area (Å²) in [6, 6.07) is 2.05. The summed E-state index contributed by atoms with van der Waals surface area (Å²) >= 11 is 0. The minimum absolute atomic E-state index is 0.0524. The largest absolute Gasteiger partial charge is 0.469 e. The third-order valence-electron chi connectivity index (χ3n) is 2.57. The van der Waals surface area contributed by atoms with Crippen LogP contribution in [0.25, 0.3) is 0 Å². The van der Waals surface area contributed by atoms with Crippen LogP contribution in [0.1, 0.15) is 23.8 Å². The first-order chi connectivity index (χ1) is 6.81. The molecule has 1 aliphatic heterocycles. The van der Waals surface area contributed by atoms with E-state index in [4.69, 9.17) is 4.42 Å². The van der Waals surface area contributed by atoms with Gasteiger partial charge in [-0.2, -0.15) is 0 Å². The van der Waals surface area contributed by atoms with Crippen molar-refractivity contribution >= 4 is 5.91 Å². The van der Waals surface area contributed by atoms with Gasteiger partial charge in [0.2, 0.25) is 5.91 Å². The van der Waals surface area contributed by atoms with Crippen LogP contribution in [0.5, 0.6) is 0 Å². The van der Waals surface area contributed by atoms with Crippen molar-refractivity contribution in [1.29, 1.82) is 0 Å². The number of rotatable bonds is 2. The van der Waals surface area contributed by atoms with Gasteiger partial charge in [-0.15, -0.1) is 0 Å². The molecule has 0 saturated heterocycles. The van der Waals surface area contributed by atoms with E-state index in [0.29, 0.717) is 6.42 Å². The lowest BCUT2D eigenvalue weighted by molar-refractivity contribution is -0.121. The molecule has 1 aromatic rings. The standard InChI is InChI=1S/C10H14N2O2/c1-11-10(13)6-8-7-3-5-14-9(7)2-4-12-8/h3,5,8,12H,2,4,6H2,1H3,(H,11,13). The summed E-state index contributed by atoms with van der Waals surface area (Å²) in [5.41, 5.74) is 1.12. The van der Waals surface area contributed by atoms with Crippen molar-refractivity contribution in [1.82, 2.24) is 10.6 Å². The maximum atomic E-state index is 11.2. The average molecular weight is 194 g/mol. The molecule has 4 nitrogen and oxygen atoms in total. The Balaban J connectivity index is 2.12. The second-order valence-electron chi connectivity index (χ2n) is 3.43. The van der Waals surface area contributed by atoms with Gasteiger partial charge >= 0.3 is 0 Å². The van der Waals surface area contributed by atoms with E-state index >= 15 is 0 Å². The molecule has 0 saturated carbocycles. The number of furan rings is 1. The van der Waals surface area contributed by atoms with E-state index in [1.807, 2.05) is 6.07 Å². The summed E-state index contributed by atoms with van der Waals surface area (Å²) in [7, 11) is 1.65. The van der Waals surface area contributed by atoms with Crippen LogP contribution in [0.3, 0.4) is 0 Å². The highest BCUT2D eigenvalue weighted by molar-refractivity contribution is 5.76. The first kappa shape index (κ1) is 9.27.